The summed E-state index contributed by atoms with van der Waals surface area (Å²) in [4.78, 5) is 12.2. The molecule has 2 atom stereocenters. The van der Waals surface area contributed by atoms with Gasteiger partial charge < -0.3 is 9.84 Å². The fourth-order valence-electron chi connectivity index (χ4n) is 1.71. The zero-order chi connectivity index (χ0) is 11.8. The molecule has 1 aliphatic heterocycles. The second-order valence-electron chi connectivity index (χ2n) is 3.72. The monoisotopic (exact) mass is 240 g/mol. The quantitative estimate of drug-likeness (QED) is 0.811. The van der Waals surface area contributed by atoms with E-state index in [1.165, 1.54) is 6.26 Å². The molecule has 0 aromatic heterocycles. The second kappa shape index (κ2) is 3.99. The van der Waals surface area contributed by atoms with E-state index in [9.17, 15) is 14.1 Å². The minimum atomic E-state index is -1.47. The third-order valence-electron chi connectivity index (χ3n) is 2.81. The molecule has 1 aliphatic rings. The number of Topliss-reactive ketones (excluding diaryl/α,β-unsaturated/α-hetero) is 1. The molecule has 0 spiro atoms. The largest absolute Gasteiger partial charge is 0.491 e. The van der Waals surface area contributed by atoms with E-state index in [-0.39, 0.29) is 12.4 Å². The maximum Gasteiger partial charge on any atom is 0.191 e. The van der Waals surface area contributed by atoms with Crippen LogP contribution in [0, 0.1) is 0 Å². The van der Waals surface area contributed by atoms with Gasteiger partial charge in [-0.2, -0.15) is 0 Å². The summed E-state index contributed by atoms with van der Waals surface area (Å²) < 4.78 is 15.7. The fraction of sp³-hybridized carbons (Fsp3) is 0.364. The van der Waals surface area contributed by atoms with Gasteiger partial charge in [0.25, 0.3) is 0 Å². The number of benzene rings is 1. The van der Waals surface area contributed by atoms with Gasteiger partial charge in [0.1, 0.15) is 12.4 Å². The molecule has 2 unspecified atom stereocenters. The summed E-state index contributed by atoms with van der Waals surface area (Å²) in [6.45, 7) is -0.508. The third kappa shape index (κ3) is 1.47. The maximum absolute atomic E-state index is 12.2. The highest BCUT2D eigenvalue weighted by Gasteiger charge is 2.47. The summed E-state index contributed by atoms with van der Waals surface area (Å²) in [6.07, 6.45) is 1.41. The Balaban J connectivity index is 2.52. The van der Waals surface area contributed by atoms with Gasteiger partial charge in [-0.1, -0.05) is 12.1 Å². The van der Waals surface area contributed by atoms with E-state index in [0.29, 0.717) is 11.3 Å². The molecule has 2 rings (SSSR count). The van der Waals surface area contributed by atoms with Crippen molar-refractivity contribution in [2.75, 3.05) is 19.5 Å². The third-order valence-corrected chi connectivity index (χ3v) is 4.34. The molecule has 5 heteroatoms. The van der Waals surface area contributed by atoms with Crippen molar-refractivity contribution < 1.29 is 18.8 Å². The minimum absolute atomic E-state index is 0.0392. The first-order chi connectivity index (χ1) is 7.62. The Kier molecular flexibility index (Phi) is 2.82. The number of fused-ring (bicyclic) bond motifs is 1. The predicted molar refractivity (Wildman–Crippen MR) is 60.2 cm³/mol. The van der Waals surface area contributed by atoms with Crippen LogP contribution in [0.2, 0.25) is 0 Å². The van der Waals surface area contributed by atoms with Crippen LogP contribution in [0.1, 0.15) is 10.4 Å². The van der Waals surface area contributed by atoms with Crippen molar-refractivity contribution in [2.24, 2.45) is 0 Å². The standard InChI is InChI=1S/C11H12O4S/c1-16(14)11(6-12)7-15-9-5-3-2-4-8(9)10(11)13/h2-5,12H,6-7H2,1H3. The predicted octanol–water partition coefficient (Wildman–Crippen LogP) is 0.371. The summed E-state index contributed by atoms with van der Waals surface area (Å²) >= 11 is 0. The topological polar surface area (TPSA) is 63.6 Å². The molecule has 1 aromatic rings. The van der Waals surface area contributed by atoms with Crippen molar-refractivity contribution in [3.05, 3.63) is 29.8 Å². The van der Waals surface area contributed by atoms with Crippen LogP contribution >= 0.6 is 0 Å². The van der Waals surface area contributed by atoms with E-state index in [2.05, 4.69) is 0 Å². The molecular formula is C11H12O4S. The van der Waals surface area contributed by atoms with Crippen molar-refractivity contribution in [3.8, 4) is 5.75 Å². The van der Waals surface area contributed by atoms with Crippen molar-refractivity contribution in [2.45, 2.75) is 4.75 Å². The summed E-state index contributed by atoms with van der Waals surface area (Å²) in [6, 6.07) is 6.79. The lowest BCUT2D eigenvalue weighted by Crippen LogP contribution is -2.53. The summed E-state index contributed by atoms with van der Waals surface area (Å²) in [5.74, 6) is 0.180. The van der Waals surface area contributed by atoms with Crippen LogP contribution in [0.4, 0.5) is 0 Å². The van der Waals surface area contributed by atoms with Gasteiger partial charge in [0.2, 0.25) is 0 Å². The Labute approximate surface area is 95.7 Å². The Hall–Kier alpha value is -1.20. The Morgan fingerprint density at radius 3 is 2.81 bits per heavy atom. The molecule has 0 aliphatic carbocycles. The van der Waals surface area contributed by atoms with E-state index >= 15 is 0 Å². The number of carbonyl (C=O) groups excluding carboxylic acids is 1. The summed E-state index contributed by atoms with van der Waals surface area (Å²) in [5.41, 5.74) is 0.387. The Morgan fingerprint density at radius 1 is 1.50 bits per heavy atom. The zero-order valence-corrected chi connectivity index (χ0v) is 9.62. The molecule has 0 fully saturated rings. The number of aliphatic hydroxyl groups excluding tert-OH is 1. The molecule has 0 saturated heterocycles. The Morgan fingerprint density at radius 2 is 2.19 bits per heavy atom. The van der Waals surface area contributed by atoms with Crippen LogP contribution in [0.25, 0.3) is 0 Å². The fourth-order valence-corrected chi connectivity index (χ4v) is 2.49. The molecule has 1 heterocycles. The van der Waals surface area contributed by atoms with E-state index < -0.39 is 22.2 Å². The number of rotatable bonds is 2. The number of hydrogen-bond acceptors (Lipinski definition) is 4. The van der Waals surface area contributed by atoms with Gasteiger partial charge in [0, 0.05) is 17.1 Å². The molecule has 0 radical (unpaired) electrons. The van der Waals surface area contributed by atoms with Gasteiger partial charge in [-0.3, -0.25) is 9.00 Å². The molecule has 1 aromatic carbocycles. The number of hydrogen-bond donors (Lipinski definition) is 1. The normalized spacial score (nSPS) is 25.8. The highest BCUT2D eigenvalue weighted by molar-refractivity contribution is 7.86. The summed E-state index contributed by atoms with van der Waals surface area (Å²) in [5, 5.41) is 9.31. The number of para-hydroxylation sites is 1. The van der Waals surface area contributed by atoms with Gasteiger partial charge in [-0.05, 0) is 12.1 Å². The number of ether oxygens (including phenoxy) is 1. The molecule has 0 saturated carbocycles. The van der Waals surface area contributed by atoms with Gasteiger partial charge in [-0.25, -0.2) is 0 Å². The van der Waals surface area contributed by atoms with E-state index in [1.807, 2.05) is 0 Å². The van der Waals surface area contributed by atoms with E-state index in [4.69, 9.17) is 4.74 Å². The highest BCUT2D eigenvalue weighted by Crippen LogP contribution is 2.31. The SMILES string of the molecule is CS(=O)C1(CO)COc2ccccc2C1=O. The van der Waals surface area contributed by atoms with Gasteiger partial charge in [0.05, 0.1) is 12.2 Å². The first-order valence-electron chi connectivity index (χ1n) is 4.83. The lowest BCUT2D eigenvalue weighted by molar-refractivity contribution is 0.0791. The van der Waals surface area contributed by atoms with Gasteiger partial charge in [-0.15, -0.1) is 0 Å². The van der Waals surface area contributed by atoms with Crippen LogP contribution in [-0.2, 0) is 10.8 Å². The number of aliphatic hydroxyl groups is 1. The first-order valence-corrected chi connectivity index (χ1v) is 6.38. The lowest BCUT2D eigenvalue weighted by Gasteiger charge is -2.32. The molecule has 1 N–H and O–H groups in total. The maximum atomic E-state index is 12.2. The summed E-state index contributed by atoms with van der Waals surface area (Å²) in [7, 11) is -1.47. The van der Waals surface area contributed by atoms with Crippen molar-refractivity contribution >= 4 is 16.6 Å². The second-order valence-corrected chi connectivity index (χ2v) is 5.41. The van der Waals surface area contributed by atoms with Crippen LogP contribution < -0.4 is 4.74 Å². The van der Waals surface area contributed by atoms with Crippen LogP contribution in [0.5, 0.6) is 5.75 Å². The van der Waals surface area contributed by atoms with Crippen LogP contribution in [0.3, 0.4) is 0 Å². The molecule has 0 amide bonds. The van der Waals surface area contributed by atoms with Crippen LogP contribution in [0.15, 0.2) is 24.3 Å². The lowest BCUT2D eigenvalue weighted by atomic mass is 9.95. The molecule has 86 valence electrons. The van der Waals surface area contributed by atoms with E-state index in [1.54, 1.807) is 24.3 Å². The zero-order valence-electron chi connectivity index (χ0n) is 8.80. The van der Waals surface area contributed by atoms with E-state index in [0.717, 1.165) is 0 Å². The van der Waals surface area contributed by atoms with Crippen molar-refractivity contribution in [1.82, 2.24) is 0 Å². The average Bonchev–Trinajstić information content (AvgIpc) is 2.30. The number of ketones is 1. The molecule has 0 bridgehead atoms. The van der Waals surface area contributed by atoms with Gasteiger partial charge >= 0.3 is 0 Å². The minimum Gasteiger partial charge on any atom is -0.491 e. The molecular weight excluding hydrogens is 228 g/mol. The first kappa shape index (κ1) is 11.3. The van der Waals surface area contributed by atoms with Crippen molar-refractivity contribution in [1.29, 1.82) is 0 Å². The smallest absolute Gasteiger partial charge is 0.191 e. The van der Waals surface area contributed by atoms with Gasteiger partial charge in [0.15, 0.2) is 10.5 Å². The average molecular weight is 240 g/mol. The van der Waals surface area contributed by atoms with Crippen molar-refractivity contribution in [3.63, 3.8) is 0 Å². The molecule has 4 nitrogen and oxygen atoms in total. The number of carbonyl (C=O) groups is 1. The van der Waals surface area contributed by atoms with Crippen LogP contribution in [-0.4, -0.2) is 39.3 Å². The Bertz CT molecular complexity index is 457. The highest BCUT2D eigenvalue weighted by atomic mass is 32.2. The molecule has 16 heavy (non-hydrogen) atoms.